The van der Waals surface area contributed by atoms with E-state index in [1.165, 1.54) is 6.42 Å². The highest BCUT2D eigenvalue weighted by atomic mass is 79.9. The van der Waals surface area contributed by atoms with Gasteiger partial charge in [0.15, 0.2) is 0 Å². The number of halogens is 1. The summed E-state index contributed by atoms with van der Waals surface area (Å²) in [7, 11) is 0. The van der Waals surface area contributed by atoms with Crippen LogP contribution >= 0.6 is 15.9 Å². The van der Waals surface area contributed by atoms with Crippen LogP contribution in [0, 0.1) is 5.92 Å². The van der Waals surface area contributed by atoms with Crippen molar-refractivity contribution in [1.82, 2.24) is 0 Å². The van der Waals surface area contributed by atoms with Gasteiger partial charge in [-0.15, -0.1) is 0 Å². The SMILES string of the molecule is CC1CCN(c2ccc(C(=O)O)c(Br)c2)C1. The second kappa shape index (κ2) is 4.45. The van der Waals surface area contributed by atoms with Crippen molar-refractivity contribution in [3.8, 4) is 0 Å². The molecule has 1 unspecified atom stereocenters. The number of aromatic carboxylic acids is 1. The summed E-state index contributed by atoms with van der Waals surface area (Å²) in [5.74, 6) is -0.175. The van der Waals surface area contributed by atoms with Crippen LogP contribution in [-0.2, 0) is 0 Å². The zero-order valence-electron chi connectivity index (χ0n) is 9.11. The van der Waals surface area contributed by atoms with E-state index in [1.807, 2.05) is 12.1 Å². The number of carboxylic acids is 1. The summed E-state index contributed by atoms with van der Waals surface area (Å²) >= 11 is 3.30. The Balaban J connectivity index is 2.24. The largest absolute Gasteiger partial charge is 0.478 e. The molecule has 0 bridgehead atoms. The van der Waals surface area contributed by atoms with Crippen LogP contribution < -0.4 is 4.90 Å². The van der Waals surface area contributed by atoms with Gasteiger partial charge in [-0.05, 0) is 46.5 Å². The first-order valence-corrected chi connectivity index (χ1v) is 6.15. The molecular weight excluding hydrogens is 270 g/mol. The van der Waals surface area contributed by atoms with Crippen molar-refractivity contribution in [2.24, 2.45) is 5.92 Å². The number of rotatable bonds is 2. The molecule has 1 aliphatic heterocycles. The molecule has 0 spiro atoms. The van der Waals surface area contributed by atoms with E-state index in [2.05, 4.69) is 27.8 Å². The van der Waals surface area contributed by atoms with Gasteiger partial charge in [-0.25, -0.2) is 4.79 Å². The smallest absolute Gasteiger partial charge is 0.336 e. The van der Waals surface area contributed by atoms with E-state index < -0.39 is 5.97 Å². The number of benzene rings is 1. The predicted octanol–water partition coefficient (Wildman–Crippen LogP) is 2.99. The summed E-state index contributed by atoms with van der Waals surface area (Å²) in [5.41, 5.74) is 1.41. The van der Waals surface area contributed by atoms with Crippen molar-refractivity contribution in [3.05, 3.63) is 28.2 Å². The summed E-state index contributed by atoms with van der Waals surface area (Å²) in [4.78, 5) is 13.2. The number of carbonyl (C=O) groups is 1. The Morgan fingerprint density at radius 3 is 2.81 bits per heavy atom. The summed E-state index contributed by atoms with van der Waals surface area (Å²) in [5, 5.41) is 8.92. The van der Waals surface area contributed by atoms with E-state index in [0.717, 1.165) is 24.7 Å². The highest BCUT2D eigenvalue weighted by Crippen LogP contribution is 2.28. The van der Waals surface area contributed by atoms with E-state index in [4.69, 9.17) is 5.11 Å². The lowest BCUT2D eigenvalue weighted by Crippen LogP contribution is -2.19. The van der Waals surface area contributed by atoms with Gasteiger partial charge in [-0.1, -0.05) is 6.92 Å². The standard InChI is InChI=1S/C12H14BrNO2/c1-8-4-5-14(7-8)9-2-3-10(12(15)16)11(13)6-9/h2-3,6,8H,4-5,7H2,1H3,(H,15,16). The molecule has 0 aromatic heterocycles. The maximum Gasteiger partial charge on any atom is 0.336 e. The zero-order valence-corrected chi connectivity index (χ0v) is 10.7. The van der Waals surface area contributed by atoms with Crippen molar-refractivity contribution in [3.63, 3.8) is 0 Å². The third-order valence-corrected chi connectivity index (χ3v) is 3.63. The van der Waals surface area contributed by atoms with E-state index in [1.54, 1.807) is 6.07 Å². The highest BCUT2D eigenvalue weighted by molar-refractivity contribution is 9.10. The summed E-state index contributed by atoms with van der Waals surface area (Å²) in [6.07, 6.45) is 1.21. The van der Waals surface area contributed by atoms with E-state index >= 15 is 0 Å². The molecule has 2 rings (SSSR count). The zero-order chi connectivity index (χ0) is 11.7. The van der Waals surface area contributed by atoms with E-state index in [9.17, 15) is 4.79 Å². The molecule has 1 aromatic rings. The fourth-order valence-electron chi connectivity index (χ4n) is 2.04. The first-order chi connectivity index (χ1) is 7.58. The molecule has 1 N–H and O–H groups in total. The van der Waals surface area contributed by atoms with Crippen LogP contribution in [0.25, 0.3) is 0 Å². The molecule has 1 atom stereocenters. The fraction of sp³-hybridized carbons (Fsp3) is 0.417. The number of hydrogen-bond acceptors (Lipinski definition) is 2. The number of carboxylic acid groups (broad SMARTS) is 1. The van der Waals surface area contributed by atoms with Crippen LogP contribution in [0.4, 0.5) is 5.69 Å². The van der Waals surface area contributed by atoms with E-state index in [-0.39, 0.29) is 0 Å². The Bertz CT molecular complexity index is 419. The van der Waals surface area contributed by atoms with Crippen molar-refractivity contribution >= 4 is 27.6 Å². The maximum absolute atomic E-state index is 10.9. The minimum atomic E-state index is -0.895. The average molecular weight is 284 g/mol. The second-order valence-corrected chi connectivity index (χ2v) is 5.16. The number of anilines is 1. The first-order valence-electron chi connectivity index (χ1n) is 5.35. The van der Waals surface area contributed by atoms with Crippen LogP contribution in [-0.4, -0.2) is 24.2 Å². The average Bonchev–Trinajstić information content (AvgIpc) is 2.64. The minimum Gasteiger partial charge on any atom is -0.478 e. The molecule has 1 heterocycles. The Morgan fingerprint density at radius 2 is 2.31 bits per heavy atom. The predicted molar refractivity (Wildman–Crippen MR) is 67.1 cm³/mol. The fourth-order valence-corrected chi connectivity index (χ4v) is 2.58. The van der Waals surface area contributed by atoms with E-state index in [0.29, 0.717) is 10.0 Å². The van der Waals surface area contributed by atoms with Gasteiger partial charge in [0.25, 0.3) is 0 Å². The molecule has 86 valence electrons. The molecule has 1 aliphatic rings. The molecular formula is C12H14BrNO2. The number of hydrogen-bond donors (Lipinski definition) is 1. The Hall–Kier alpha value is -1.03. The quantitative estimate of drug-likeness (QED) is 0.907. The van der Waals surface area contributed by atoms with Gasteiger partial charge in [-0.3, -0.25) is 0 Å². The summed E-state index contributed by atoms with van der Waals surface area (Å²) < 4.78 is 0.650. The van der Waals surface area contributed by atoms with Gasteiger partial charge >= 0.3 is 5.97 Å². The molecule has 0 saturated carbocycles. The van der Waals surface area contributed by atoms with Gasteiger partial charge in [0.05, 0.1) is 5.56 Å². The summed E-state index contributed by atoms with van der Waals surface area (Å²) in [6, 6.07) is 5.43. The summed E-state index contributed by atoms with van der Waals surface area (Å²) in [6.45, 7) is 4.35. The molecule has 1 saturated heterocycles. The topological polar surface area (TPSA) is 40.5 Å². The van der Waals surface area contributed by atoms with Crippen LogP contribution in [0.1, 0.15) is 23.7 Å². The van der Waals surface area contributed by atoms with Gasteiger partial charge < -0.3 is 10.0 Å². The normalized spacial score (nSPS) is 20.1. The monoisotopic (exact) mass is 283 g/mol. The van der Waals surface area contributed by atoms with Crippen molar-refractivity contribution < 1.29 is 9.90 Å². The van der Waals surface area contributed by atoms with Gasteiger partial charge in [0.1, 0.15) is 0 Å². The van der Waals surface area contributed by atoms with Crippen molar-refractivity contribution in [2.45, 2.75) is 13.3 Å². The molecule has 16 heavy (non-hydrogen) atoms. The van der Waals surface area contributed by atoms with Crippen LogP contribution in [0.2, 0.25) is 0 Å². The van der Waals surface area contributed by atoms with Crippen molar-refractivity contribution in [1.29, 1.82) is 0 Å². The third kappa shape index (κ3) is 2.21. The van der Waals surface area contributed by atoms with Crippen LogP contribution in [0.15, 0.2) is 22.7 Å². The number of nitrogens with zero attached hydrogens (tertiary/aromatic N) is 1. The second-order valence-electron chi connectivity index (χ2n) is 4.31. The lowest BCUT2D eigenvalue weighted by molar-refractivity contribution is 0.0696. The molecule has 1 fully saturated rings. The highest BCUT2D eigenvalue weighted by Gasteiger charge is 2.20. The Labute approximate surface area is 103 Å². The van der Waals surface area contributed by atoms with Crippen LogP contribution in [0.3, 0.4) is 0 Å². The van der Waals surface area contributed by atoms with Crippen LogP contribution in [0.5, 0.6) is 0 Å². The Kier molecular flexibility index (Phi) is 3.19. The van der Waals surface area contributed by atoms with Gasteiger partial charge in [0.2, 0.25) is 0 Å². The van der Waals surface area contributed by atoms with Gasteiger partial charge in [-0.2, -0.15) is 0 Å². The minimum absolute atomic E-state index is 0.316. The third-order valence-electron chi connectivity index (χ3n) is 2.97. The maximum atomic E-state index is 10.9. The molecule has 0 amide bonds. The lowest BCUT2D eigenvalue weighted by Gasteiger charge is -2.18. The lowest BCUT2D eigenvalue weighted by atomic mass is 10.2. The molecule has 0 aliphatic carbocycles. The molecule has 1 aromatic carbocycles. The van der Waals surface area contributed by atoms with Crippen molar-refractivity contribution in [2.75, 3.05) is 18.0 Å². The first kappa shape index (κ1) is 11.5. The molecule has 3 nitrogen and oxygen atoms in total. The van der Waals surface area contributed by atoms with Gasteiger partial charge in [0, 0.05) is 23.2 Å². The Morgan fingerprint density at radius 1 is 1.56 bits per heavy atom. The molecule has 0 radical (unpaired) electrons. The molecule has 4 heteroatoms.